The molecular formula is C19H25ClIN3O2. The van der Waals surface area contributed by atoms with Crippen molar-refractivity contribution < 1.29 is 9.47 Å². The summed E-state index contributed by atoms with van der Waals surface area (Å²) in [6.07, 6.45) is 0.842. The van der Waals surface area contributed by atoms with Crippen LogP contribution in [0.25, 0.3) is 0 Å². The number of benzene rings is 2. The van der Waals surface area contributed by atoms with E-state index in [9.17, 15) is 0 Å². The first-order chi connectivity index (χ1) is 12.2. The van der Waals surface area contributed by atoms with Gasteiger partial charge in [-0.15, -0.1) is 24.0 Å². The minimum absolute atomic E-state index is 0. The third-order valence-electron chi connectivity index (χ3n) is 3.80. The Morgan fingerprint density at radius 2 is 1.73 bits per heavy atom. The van der Waals surface area contributed by atoms with E-state index in [1.54, 1.807) is 27.3 Å². The number of hydrogen-bond donors (Lipinski definition) is 2. The molecule has 0 fully saturated rings. The van der Waals surface area contributed by atoms with Crippen LogP contribution in [0.3, 0.4) is 0 Å². The van der Waals surface area contributed by atoms with Gasteiger partial charge in [0.05, 0.1) is 14.2 Å². The Labute approximate surface area is 177 Å². The standard InChI is InChI=1S/C19H24ClN3O2.HI/c1-21-19(22-11-10-14-6-4-5-7-17(14)24-2)23-13-15-8-9-16(20)12-18(15)25-3;/h4-9,12H,10-11,13H2,1-3H3,(H2,21,22,23);1H. The van der Waals surface area contributed by atoms with E-state index in [2.05, 4.69) is 21.7 Å². The first-order valence-electron chi connectivity index (χ1n) is 8.06. The monoisotopic (exact) mass is 489 g/mol. The number of hydrogen-bond acceptors (Lipinski definition) is 3. The number of nitrogens with one attached hydrogen (secondary N) is 2. The maximum absolute atomic E-state index is 5.99. The Balaban J connectivity index is 0.00000338. The van der Waals surface area contributed by atoms with Gasteiger partial charge >= 0.3 is 0 Å². The van der Waals surface area contributed by atoms with Gasteiger partial charge < -0.3 is 20.1 Å². The summed E-state index contributed by atoms with van der Waals surface area (Å²) in [5.74, 6) is 2.38. The predicted molar refractivity (Wildman–Crippen MR) is 118 cm³/mol. The average molecular weight is 490 g/mol. The zero-order valence-electron chi connectivity index (χ0n) is 15.2. The van der Waals surface area contributed by atoms with Gasteiger partial charge in [-0.2, -0.15) is 0 Å². The largest absolute Gasteiger partial charge is 0.496 e. The van der Waals surface area contributed by atoms with E-state index in [-0.39, 0.29) is 24.0 Å². The Hall–Kier alpha value is -1.67. The second-order valence-electron chi connectivity index (χ2n) is 5.37. The van der Waals surface area contributed by atoms with E-state index >= 15 is 0 Å². The molecule has 5 nitrogen and oxygen atoms in total. The predicted octanol–water partition coefficient (Wildman–Crippen LogP) is 3.88. The van der Waals surface area contributed by atoms with Gasteiger partial charge in [0.25, 0.3) is 0 Å². The first kappa shape index (κ1) is 22.4. The third-order valence-corrected chi connectivity index (χ3v) is 4.03. The molecule has 26 heavy (non-hydrogen) atoms. The van der Waals surface area contributed by atoms with Gasteiger partial charge in [0.2, 0.25) is 0 Å². The minimum atomic E-state index is 0. The van der Waals surface area contributed by atoms with Crippen molar-refractivity contribution in [1.82, 2.24) is 10.6 Å². The lowest BCUT2D eigenvalue weighted by Gasteiger charge is -2.14. The summed E-state index contributed by atoms with van der Waals surface area (Å²) in [7, 11) is 5.07. The number of ether oxygens (including phenoxy) is 2. The van der Waals surface area contributed by atoms with Crippen LogP contribution in [0.2, 0.25) is 5.02 Å². The van der Waals surface area contributed by atoms with Crippen LogP contribution >= 0.6 is 35.6 Å². The lowest BCUT2D eigenvalue weighted by atomic mass is 10.1. The molecule has 2 N–H and O–H groups in total. The highest BCUT2D eigenvalue weighted by Gasteiger charge is 2.06. The van der Waals surface area contributed by atoms with E-state index in [0.29, 0.717) is 11.6 Å². The lowest BCUT2D eigenvalue weighted by Crippen LogP contribution is -2.37. The molecule has 0 aliphatic heterocycles. The molecule has 0 saturated carbocycles. The number of guanidine groups is 1. The second-order valence-corrected chi connectivity index (χ2v) is 5.81. The maximum atomic E-state index is 5.99. The number of rotatable bonds is 7. The number of halogens is 2. The molecular weight excluding hydrogens is 465 g/mol. The highest BCUT2D eigenvalue weighted by Crippen LogP contribution is 2.22. The smallest absolute Gasteiger partial charge is 0.191 e. The van der Waals surface area contributed by atoms with E-state index in [1.165, 1.54) is 0 Å². The summed E-state index contributed by atoms with van der Waals surface area (Å²) in [4.78, 5) is 4.25. The van der Waals surface area contributed by atoms with Crippen LogP contribution in [0.4, 0.5) is 0 Å². The minimum Gasteiger partial charge on any atom is -0.496 e. The highest BCUT2D eigenvalue weighted by atomic mass is 127. The van der Waals surface area contributed by atoms with Gasteiger partial charge in [0.15, 0.2) is 5.96 Å². The normalized spacial score (nSPS) is 10.7. The quantitative estimate of drug-likeness (QED) is 0.352. The zero-order valence-corrected chi connectivity index (χ0v) is 18.3. The van der Waals surface area contributed by atoms with Gasteiger partial charge in [-0.3, -0.25) is 4.99 Å². The highest BCUT2D eigenvalue weighted by molar-refractivity contribution is 14.0. The molecule has 7 heteroatoms. The van der Waals surface area contributed by atoms with Gasteiger partial charge in [0, 0.05) is 30.7 Å². The summed E-state index contributed by atoms with van der Waals surface area (Å²) in [5, 5.41) is 7.24. The van der Waals surface area contributed by atoms with E-state index < -0.39 is 0 Å². The molecule has 2 aromatic rings. The van der Waals surface area contributed by atoms with Crippen molar-refractivity contribution in [2.24, 2.45) is 4.99 Å². The topological polar surface area (TPSA) is 54.9 Å². The summed E-state index contributed by atoms with van der Waals surface area (Å²) >= 11 is 5.99. The summed E-state index contributed by atoms with van der Waals surface area (Å²) in [5.41, 5.74) is 2.17. The molecule has 0 atom stereocenters. The van der Waals surface area contributed by atoms with Crippen molar-refractivity contribution >= 4 is 41.5 Å². The summed E-state index contributed by atoms with van der Waals surface area (Å²) in [6.45, 7) is 1.34. The van der Waals surface area contributed by atoms with Crippen LogP contribution in [0.15, 0.2) is 47.5 Å². The Morgan fingerprint density at radius 1 is 1.00 bits per heavy atom. The van der Waals surface area contributed by atoms with Crippen molar-refractivity contribution in [2.45, 2.75) is 13.0 Å². The lowest BCUT2D eigenvalue weighted by molar-refractivity contribution is 0.409. The molecule has 0 aliphatic rings. The van der Waals surface area contributed by atoms with Crippen molar-refractivity contribution in [1.29, 1.82) is 0 Å². The maximum Gasteiger partial charge on any atom is 0.191 e. The fraction of sp³-hybridized carbons (Fsp3) is 0.316. The van der Waals surface area contributed by atoms with E-state index in [4.69, 9.17) is 21.1 Å². The van der Waals surface area contributed by atoms with Gasteiger partial charge in [0.1, 0.15) is 11.5 Å². The van der Waals surface area contributed by atoms with Crippen molar-refractivity contribution in [3.63, 3.8) is 0 Å². The van der Waals surface area contributed by atoms with E-state index in [1.807, 2.05) is 30.3 Å². The van der Waals surface area contributed by atoms with Gasteiger partial charge in [-0.05, 0) is 30.2 Å². The molecule has 0 aromatic heterocycles. The van der Waals surface area contributed by atoms with Crippen LogP contribution < -0.4 is 20.1 Å². The Bertz CT molecular complexity index is 726. The molecule has 2 aromatic carbocycles. The van der Waals surface area contributed by atoms with Crippen LogP contribution in [0, 0.1) is 0 Å². The molecule has 0 saturated heterocycles. The first-order valence-corrected chi connectivity index (χ1v) is 8.44. The zero-order chi connectivity index (χ0) is 18.1. The third kappa shape index (κ3) is 6.57. The van der Waals surface area contributed by atoms with Crippen LogP contribution in [0.1, 0.15) is 11.1 Å². The van der Waals surface area contributed by atoms with Crippen molar-refractivity contribution in [3.05, 3.63) is 58.6 Å². The molecule has 0 amide bonds. The number of aliphatic imine (C=N–C) groups is 1. The average Bonchev–Trinajstić information content (AvgIpc) is 2.65. The molecule has 2 rings (SSSR count). The van der Waals surface area contributed by atoms with Crippen LogP contribution in [-0.2, 0) is 13.0 Å². The molecule has 0 unspecified atom stereocenters. The fourth-order valence-corrected chi connectivity index (χ4v) is 2.65. The fourth-order valence-electron chi connectivity index (χ4n) is 2.49. The molecule has 0 heterocycles. The number of methoxy groups -OCH3 is 2. The molecule has 0 radical (unpaired) electrons. The number of para-hydroxylation sites is 1. The molecule has 0 bridgehead atoms. The summed E-state index contributed by atoms with van der Waals surface area (Å²) < 4.78 is 10.7. The summed E-state index contributed by atoms with van der Waals surface area (Å²) in [6, 6.07) is 13.6. The van der Waals surface area contributed by atoms with Crippen molar-refractivity contribution in [2.75, 3.05) is 27.8 Å². The van der Waals surface area contributed by atoms with Crippen LogP contribution in [-0.4, -0.2) is 33.8 Å². The van der Waals surface area contributed by atoms with Gasteiger partial charge in [-0.1, -0.05) is 35.9 Å². The Kier molecular flexibility index (Phi) is 10.2. The number of nitrogens with zero attached hydrogens (tertiary/aromatic N) is 1. The SMILES string of the molecule is CN=C(NCCc1ccccc1OC)NCc1ccc(Cl)cc1OC.I. The molecule has 0 aliphatic carbocycles. The molecule has 0 spiro atoms. The van der Waals surface area contributed by atoms with Gasteiger partial charge in [-0.25, -0.2) is 0 Å². The second kappa shape index (κ2) is 11.9. The van der Waals surface area contributed by atoms with E-state index in [0.717, 1.165) is 41.6 Å². The van der Waals surface area contributed by atoms with Crippen LogP contribution in [0.5, 0.6) is 11.5 Å². The Morgan fingerprint density at radius 3 is 2.42 bits per heavy atom. The van der Waals surface area contributed by atoms with Crippen molar-refractivity contribution in [3.8, 4) is 11.5 Å². The molecule has 142 valence electrons.